The van der Waals surface area contributed by atoms with E-state index in [9.17, 15) is 4.79 Å². The molecule has 0 fully saturated rings. The number of thiophene rings is 1. The molecular weight excluding hydrogens is 320 g/mol. The van der Waals surface area contributed by atoms with Gasteiger partial charge in [0.2, 0.25) is 0 Å². The van der Waals surface area contributed by atoms with Crippen molar-refractivity contribution in [3.05, 3.63) is 63.5 Å². The Morgan fingerprint density at radius 3 is 2.75 bits per heavy atom. The molecule has 2 heterocycles. The molecule has 0 saturated carbocycles. The first-order valence-electron chi connectivity index (χ1n) is 7.89. The first kappa shape index (κ1) is 16.6. The van der Waals surface area contributed by atoms with E-state index in [1.165, 1.54) is 17.6 Å². The number of esters is 1. The van der Waals surface area contributed by atoms with Gasteiger partial charge in [0.25, 0.3) is 0 Å². The van der Waals surface area contributed by atoms with Crippen LogP contribution < -0.4 is 4.90 Å². The molecule has 3 aromatic rings. The topological polar surface area (TPSA) is 43.6 Å². The minimum Gasteiger partial charge on any atom is -0.465 e. The zero-order chi connectivity index (χ0) is 17.1. The van der Waals surface area contributed by atoms with E-state index in [4.69, 9.17) is 9.72 Å². The summed E-state index contributed by atoms with van der Waals surface area (Å²) >= 11 is 1.70. The molecule has 1 unspecified atom stereocenters. The number of pyridine rings is 1. The molecule has 2 aromatic heterocycles. The second-order valence-corrected chi connectivity index (χ2v) is 6.79. The summed E-state index contributed by atoms with van der Waals surface area (Å²) in [4.78, 5) is 18.4. The lowest BCUT2D eigenvalue weighted by Crippen LogP contribution is -3.06. The van der Waals surface area contributed by atoms with E-state index in [1.54, 1.807) is 11.3 Å². The summed E-state index contributed by atoms with van der Waals surface area (Å²) in [6.45, 7) is 3.54. The molecule has 124 valence electrons. The SMILES string of the molecule is COC(=O)c1c(C[NH+](C)Cc2ccsc2)nc2ccccc2c1C. The number of aromatic nitrogens is 1. The van der Waals surface area contributed by atoms with Crippen LogP contribution in [-0.4, -0.2) is 25.1 Å². The zero-order valence-corrected chi connectivity index (χ0v) is 14.9. The van der Waals surface area contributed by atoms with E-state index >= 15 is 0 Å². The van der Waals surface area contributed by atoms with Crippen LogP contribution in [0.25, 0.3) is 10.9 Å². The third-order valence-corrected chi connectivity index (χ3v) is 4.90. The lowest BCUT2D eigenvalue weighted by atomic mass is 10.0. The Balaban J connectivity index is 2.00. The summed E-state index contributed by atoms with van der Waals surface area (Å²) in [6, 6.07) is 10.1. The van der Waals surface area contributed by atoms with Crippen molar-refractivity contribution in [2.75, 3.05) is 14.2 Å². The third kappa shape index (κ3) is 3.32. The molecule has 1 N–H and O–H groups in total. The van der Waals surface area contributed by atoms with Gasteiger partial charge >= 0.3 is 5.97 Å². The van der Waals surface area contributed by atoms with Crippen molar-refractivity contribution in [2.24, 2.45) is 0 Å². The average Bonchev–Trinajstić information content (AvgIpc) is 3.07. The van der Waals surface area contributed by atoms with Crippen LogP contribution in [0.2, 0.25) is 0 Å². The number of rotatable bonds is 5. The van der Waals surface area contributed by atoms with Gasteiger partial charge in [-0.15, -0.1) is 0 Å². The predicted octanol–water partition coefficient (Wildman–Crippen LogP) is 2.61. The number of fused-ring (bicyclic) bond motifs is 1. The number of nitrogens with one attached hydrogen (secondary N) is 1. The number of hydrogen-bond donors (Lipinski definition) is 1. The lowest BCUT2D eigenvalue weighted by Gasteiger charge is -2.17. The standard InChI is InChI=1S/C19H20N2O2S/c1-13-15-6-4-5-7-16(15)20-17(18(13)19(22)23-3)11-21(2)10-14-8-9-24-12-14/h4-9,12H,10-11H2,1-3H3/p+1. The summed E-state index contributed by atoms with van der Waals surface area (Å²) in [6.07, 6.45) is 0. The molecule has 0 radical (unpaired) electrons. The van der Waals surface area contributed by atoms with E-state index in [-0.39, 0.29) is 5.97 Å². The molecule has 1 aromatic carbocycles. The largest absolute Gasteiger partial charge is 0.465 e. The van der Waals surface area contributed by atoms with Crippen molar-refractivity contribution in [1.29, 1.82) is 0 Å². The maximum Gasteiger partial charge on any atom is 0.340 e. The maximum absolute atomic E-state index is 12.3. The molecule has 0 amide bonds. The van der Waals surface area contributed by atoms with E-state index in [0.29, 0.717) is 12.1 Å². The molecule has 0 bridgehead atoms. The summed E-state index contributed by atoms with van der Waals surface area (Å²) in [5, 5.41) is 5.24. The molecule has 0 aliphatic carbocycles. The van der Waals surface area contributed by atoms with Gasteiger partial charge in [-0.2, -0.15) is 11.3 Å². The Labute approximate surface area is 145 Å². The van der Waals surface area contributed by atoms with Crippen LogP contribution in [-0.2, 0) is 17.8 Å². The number of methoxy groups -OCH3 is 1. The van der Waals surface area contributed by atoms with Crippen LogP contribution in [0.1, 0.15) is 27.2 Å². The third-order valence-electron chi connectivity index (χ3n) is 4.17. The number of carbonyl (C=O) groups is 1. The van der Waals surface area contributed by atoms with Crippen LogP contribution in [0.4, 0.5) is 0 Å². The molecule has 1 atom stereocenters. The van der Waals surface area contributed by atoms with Crippen LogP contribution in [0.15, 0.2) is 41.1 Å². The highest BCUT2D eigenvalue weighted by Gasteiger charge is 2.21. The minimum atomic E-state index is -0.316. The number of quaternary nitrogens is 1. The average molecular weight is 341 g/mol. The Bertz CT molecular complexity index is 859. The Hall–Kier alpha value is -2.24. The Kier molecular flexibility index (Phi) is 4.92. The van der Waals surface area contributed by atoms with Crippen molar-refractivity contribution in [1.82, 2.24) is 4.98 Å². The smallest absolute Gasteiger partial charge is 0.340 e. The second-order valence-electron chi connectivity index (χ2n) is 6.01. The molecule has 0 spiro atoms. The fraction of sp³-hybridized carbons (Fsp3) is 0.263. The molecule has 5 heteroatoms. The number of para-hydroxylation sites is 1. The zero-order valence-electron chi connectivity index (χ0n) is 14.1. The van der Waals surface area contributed by atoms with Gasteiger partial charge in [0, 0.05) is 10.9 Å². The van der Waals surface area contributed by atoms with E-state index in [1.807, 2.05) is 31.2 Å². The number of carbonyl (C=O) groups excluding carboxylic acids is 1. The van der Waals surface area contributed by atoms with E-state index in [0.717, 1.165) is 28.7 Å². The molecule has 4 nitrogen and oxygen atoms in total. The quantitative estimate of drug-likeness (QED) is 0.726. The molecule has 24 heavy (non-hydrogen) atoms. The van der Waals surface area contributed by atoms with Crippen molar-refractivity contribution in [2.45, 2.75) is 20.0 Å². The number of nitrogens with zero attached hydrogens (tertiary/aromatic N) is 1. The van der Waals surface area contributed by atoms with Gasteiger partial charge in [-0.1, -0.05) is 18.2 Å². The summed E-state index contributed by atoms with van der Waals surface area (Å²) in [7, 11) is 3.54. The van der Waals surface area contributed by atoms with Crippen molar-refractivity contribution >= 4 is 28.2 Å². The summed E-state index contributed by atoms with van der Waals surface area (Å²) < 4.78 is 5.01. The van der Waals surface area contributed by atoms with Crippen molar-refractivity contribution in [3.8, 4) is 0 Å². The van der Waals surface area contributed by atoms with E-state index in [2.05, 4.69) is 23.9 Å². The Morgan fingerprint density at radius 1 is 1.25 bits per heavy atom. The highest BCUT2D eigenvalue weighted by Crippen LogP contribution is 2.23. The van der Waals surface area contributed by atoms with Crippen molar-refractivity contribution < 1.29 is 14.4 Å². The molecule has 3 rings (SSSR count). The van der Waals surface area contributed by atoms with Crippen molar-refractivity contribution in [3.63, 3.8) is 0 Å². The number of ether oxygens (including phenoxy) is 1. The van der Waals surface area contributed by atoms with E-state index < -0.39 is 0 Å². The fourth-order valence-corrected chi connectivity index (χ4v) is 3.70. The summed E-state index contributed by atoms with van der Waals surface area (Å²) in [5.41, 5.74) is 4.55. The number of benzene rings is 1. The van der Waals surface area contributed by atoms with Gasteiger partial charge < -0.3 is 9.64 Å². The van der Waals surface area contributed by atoms with Crippen LogP contribution >= 0.6 is 11.3 Å². The highest BCUT2D eigenvalue weighted by atomic mass is 32.1. The molecule has 0 aliphatic heterocycles. The number of aryl methyl sites for hydroxylation is 1. The first-order valence-corrected chi connectivity index (χ1v) is 8.83. The minimum absolute atomic E-state index is 0.316. The van der Waals surface area contributed by atoms with Gasteiger partial charge in [0.15, 0.2) is 0 Å². The van der Waals surface area contributed by atoms with Crippen LogP contribution in [0.3, 0.4) is 0 Å². The maximum atomic E-state index is 12.3. The molecular formula is C19H21N2O2S+. The van der Waals surface area contributed by atoms with Gasteiger partial charge in [-0.05, 0) is 35.4 Å². The first-order chi connectivity index (χ1) is 11.6. The predicted molar refractivity (Wildman–Crippen MR) is 96.4 cm³/mol. The highest BCUT2D eigenvalue weighted by molar-refractivity contribution is 7.07. The van der Waals surface area contributed by atoms with Gasteiger partial charge in [-0.25, -0.2) is 9.78 Å². The fourth-order valence-electron chi connectivity index (χ4n) is 3.03. The Morgan fingerprint density at radius 2 is 2.04 bits per heavy atom. The lowest BCUT2D eigenvalue weighted by molar-refractivity contribution is -0.908. The molecule has 0 aliphatic rings. The normalized spacial score (nSPS) is 12.3. The molecule has 0 saturated heterocycles. The van der Waals surface area contributed by atoms with Crippen LogP contribution in [0, 0.1) is 6.92 Å². The van der Waals surface area contributed by atoms with Gasteiger partial charge in [-0.3, -0.25) is 0 Å². The van der Waals surface area contributed by atoms with Crippen LogP contribution in [0.5, 0.6) is 0 Å². The second kappa shape index (κ2) is 7.11. The monoisotopic (exact) mass is 341 g/mol. The van der Waals surface area contributed by atoms with Gasteiger partial charge in [0.05, 0.1) is 25.2 Å². The number of hydrogen-bond acceptors (Lipinski definition) is 4. The van der Waals surface area contributed by atoms with Gasteiger partial charge in [0.1, 0.15) is 18.8 Å². The summed E-state index contributed by atoms with van der Waals surface area (Å²) in [5.74, 6) is -0.316.